The van der Waals surface area contributed by atoms with Crippen LogP contribution in [0.4, 0.5) is 10.2 Å². The minimum Gasteiger partial charge on any atom is -0.310 e. The fourth-order valence-corrected chi connectivity index (χ4v) is 2.62. The Bertz CT molecular complexity index is 918. The maximum Gasteiger partial charge on any atom is 0.228 e. The largest absolute Gasteiger partial charge is 0.310 e. The zero-order valence-electron chi connectivity index (χ0n) is 15.0. The number of carbonyl (C=O) groups is 1. The van der Waals surface area contributed by atoms with Crippen LogP contribution in [0.5, 0.6) is 0 Å². The lowest BCUT2D eigenvalue weighted by molar-refractivity contribution is -0.119. The van der Waals surface area contributed by atoms with E-state index >= 15 is 0 Å². The summed E-state index contributed by atoms with van der Waals surface area (Å²) in [6, 6.07) is 9.92. The quantitative estimate of drug-likeness (QED) is 0.746. The Labute approximate surface area is 151 Å². The van der Waals surface area contributed by atoms with Gasteiger partial charge in [-0.05, 0) is 48.4 Å². The van der Waals surface area contributed by atoms with Crippen molar-refractivity contribution in [2.75, 3.05) is 5.32 Å². The number of benzene rings is 1. The molecule has 2 aromatic heterocycles. The van der Waals surface area contributed by atoms with E-state index in [1.54, 1.807) is 23.0 Å². The van der Waals surface area contributed by atoms with E-state index in [1.807, 2.05) is 39.2 Å². The third-order valence-corrected chi connectivity index (χ3v) is 4.33. The molecule has 0 radical (unpaired) electrons. The number of nitrogens with one attached hydrogen (secondary N) is 1. The molecule has 1 unspecified atom stereocenters. The molecule has 0 saturated heterocycles. The maximum atomic E-state index is 13.2. The third kappa shape index (κ3) is 3.79. The van der Waals surface area contributed by atoms with Crippen molar-refractivity contribution in [1.29, 1.82) is 0 Å². The van der Waals surface area contributed by atoms with E-state index in [4.69, 9.17) is 0 Å². The number of carbonyl (C=O) groups excluding carboxylic acids is 1. The monoisotopic (exact) mass is 352 g/mol. The normalized spacial score (nSPS) is 12.0. The molecular weight excluding hydrogens is 331 g/mol. The van der Waals surface area contributed by atoms with Gasteiger partial charge in [0.15, 0.2) is 0 Å². The molecule has 0 aliphatic carbocycles. The van der Waals surface area contributed by atoms with Gasteiger partial charge in [0.25, 0.3) is 0 Å². The Morgan fingerprint density at radius 2 is 1.96 bits per heavy atom. The molecule has 0 aliphatic rings. The Hall–Kier alpha value is -3.02. The van der Waals surface area contributed by atoms with Crippen LogP contribution in [-0.2, 0) is 11.8 Å². The van der Waals surface area contributed by atoms with Crippen molar-refractivity contribution < 1.29 is 9.18 Å². The van der Waals surface area contributed by atoms with E-state index in [1.165, 1.54) is 12.1 Å². The molecule has 1 atom stereocenters. The van der Waals surface area contributed by atoms with Crippen LogP contribution in [0.3, 0.4) is 0 Å². The molecule has 134 valence electrons. The summed E-state index contributed by atoms with van der Waals surface area (Å²) in [5.41, 5.74) is 3.34. The van der Waals surface area contributed by atoms with Gasteiger partial charge >= 0.3 is 0 Å². The second-order valence-corrected chi connectivity index (χ2v) is 6.30. The number of anilines is 1. The number of hydrogen-bond donors (Lipinski definition) is 1. The summed E-state index contributed by atoms with van der Waals surface area (Å²) in [6.07, 6.45) is 4.32. The minimum absolute atomic E-state index is 0.0536. The first-order valence-electron chi connectivity index (χ1n) is 8.54. The van der Waals surface area contributed by atoms with Crippen LogP contribution < -0.4 is 5.32 Å². The number of nitrogens with zero attached hydrogens (tertiary/aromatic N) is 3. The number of halogens is 1. The summed E-state index contributed by atoms with van der Waals surface area (Å²) in [4.78, 5) is 16.3. The van der Waals surface area contributed by atoms with Crippen LogP contribution in [0.15, 0.2) is 48.8 Å². The highest BCUT2D eigenvalue weighted by atomic mass is 19.1. The van der Waals surface area contributed by atoms with Crippen molar-refractivity contribution in [3.63, 3.8) is 0 Å². The molecule has 1 amide bonds. The molecule has 1 aromatic carbocycles. The average Bonchev–Trinajstić information content (AvgIpc) is 3.03. The van der Waals surface area contributed by atoms with Gasteiger partial charge in [0, 0.05) is 36.5 Å². The number of pyridine rings is 1. The molecule has 2 heterocycles. The first-order chi connectivity index (χ1) is 12.5. The zero-order valence-corrected chi connectivity index (χ0v) is 15.0. The van der Waals surface area contributed by atoms with Crippen molar-refractivity contribution in [3.8, 4) is 22.4 Å². The van der Waals surface area contributed by atoms with Gasteiger partial charge < -0.3 is 5.32 Å². The molecule has 0 saturated carbocycles. The lowest BCUT2D eigenvalue weighted by Gasteiger charge is -2.10. The molecule has 0 bridgehead atoms. The van der Waals surface area contributed by atoms with Crippen LogP contribution in [0.2, 0.25) is 0 Å². The topological polar surface area (TPSA) is 59.8 Å². The molecule has 5 nitrogen and oxygen atoms in total. The van der Waals surface area contributed by atoms with Gasteiger partial charge in [-0.15, -0.1) is 0 Å². The zero-order chi connectivity index (χ0) is 18.7. The van der Waals surface area contributed by atoms with Gasteiger partial charge in [0.05, 0.1) is 0 Å². The fraction of sp³-hybridized carbons (Fsp3) is 0.250. The molecule has 6 heteroatoms. The molecule has 0 spiro atoms. The van der Waals surface area contributed by atoms with Crippen molar-refractivity contribution in [1.82, 2.24) is 14.8 Å². The highest BCUT2D eigenvalue weighted by Gasteiger charge is 2.15. The van der Waals surface area contributed by atoms with Crippen LogP contribution in [0.25, 0.3) is 22.4 Å². The van der Waals surface area contributed by atoms with Crippen molar-refractivity contribution in [2.45, 2.75) is 20.3 Å². The number of aryl methyl sites for hydroxylation is 1. The molecule has 3 aromatic rings. The number of aromatic nitrogens is 3. The highest BCUT2D eigenvalue weighted by molar-refractivity contribution is 5.92. The predicted octanol–water partition coefficient (Wildman–Crippen LogP) is 4.27. The number of amides is 1. The molecule has 3 rings (SSSR count). The van der Waals surface area contributed by atoms with Crippen molar-refractivity contribution in [2.24, 2.45) is 13.0 Å². The van der Waals surface area contributed by atoms with E-state index in [0.29, 0.717) is 5.82 Å². The van der Waals surface area contributed by atoms with Gasteiger partial charge in [-0.3, -0.25) is 9.48 Å². The fourth-order valence-electron chi connectivity index (χ4n) is 2.62. The standard InChI is InChI=1S/C20H21FN4O/c1-4-13(2)20(26)23-18-11-15(9-10-22-18)17-12-25(3)24-19(17)14-5-7-16(21)8-6-14/h5-13H,4H2,1-3H3,(H,22,23,26). The van der Waals surface area contributed by atoms with Crippen molar-refractivity contribution >= 4 is 11.7 Å². The van der Waals surface area contributed by atoms with Crippen molar-refractivity contribution in [3.05, 3.63) is 54.6 Å². The highest BCUT2D eigenvalue weighted by Crippen LogP contribution is 2.31. The maximum absolute atomic E-state index is 13.2. The van der Waals surface area contributed by atoms with Gasteiger partial charge in [-0.25, -0.2) is 9.37 Å². The van der Waals surface area contributed by atoms with E-state index < -0.39 is 0 Å². The Morgan fingerprint density at radius 3 is 2.65 bits per heavy atom. The first kappa shape index (κ1) is 17.8. The molecule has 26 heavy (non-hydrogen) atoms. The second kappa shape index (κ2) is 7.47. The molecule has 0 fully saturated rings. The summed E-state index contributed by atoms with van der Waals surface area (Å²) >= 11 is 0. The molecule has 1 N–H and O–H groups in total. The second-order valence-electron chi connectivity index (χ2n) is 6.30. The van der Waals surface area contributed by atoms with Crippen LogP contribution in [-0.4, -0.2) is 20.7 Å². The number of hydrogen-bond acceptors (Lipinski definition) is 3. The Balaban J connectivity index is 1.96. The summed E-state index contributed by atoms with van der Waals surface area (Å²) in [7, 11) is 1.84. The van der Waals surface area contributed by atoms with E-state index in [2.05, 4.69) is 15.4 Å². The number of rotatable bonds is 5. The van der Waals surface area contributed by atoms with Gasteiger partial charge in [-0.1, -0.05) is 13.8 Å². The van der Waals surface area contributed by atoms with Gasteiger partial charge in [-0.2, -0.15) is 5.10 Å². The lowest BCUT2D eigenvalue weighted by atomic mass is 10.0. The summed E-state index contributed by atoms with van der Waals surface area (Å²) in [5, 5.41) is 7.35. The van der Waals surface area contributed by atoms with Crippen LogP contribution in [0, 0.1) is 11.7 Å². The average molecular weight is 352 g/mol. The smallest absolute Gasteiger partial charge is 0.228 e. The van der Waals surface area contributed by atoms with Crippen LogP contribution in [0.1, 0.15) is 20.3 Å². The van der Waals surface area contributed by atoms with Gasteiger partial charge in [0.1, 0.15) is 17.3 Å². The third-order valence-electron chi connectivity index (χ3n) is 4.33. The van der Waals surface area contributed by atoms with E-state index in [-0.39, 0.29) is 17.6 Å². The minimum atomic E-state index is -0.287. The predicted molar refractivity (Wildman–Crippen MR) is 99.9 cm³/mol. The molecular formula is C20H21FN4O. The SMILES string of the molecule is CCC(C)C(=O)Nc1cc(-c2cn(C)nc2-c2ccc(F)cc2)ccn1. The van der Waals surface area contributed by atoms with E-state index in [0.717, 1.165) is 28.8 Å². The summed E-state index contributed by atoms with van der Waals surface area (Å²) in [5.74, 6) is 0.0858. The summed E-state index contributed by atoms with van der Waals surface area (Å²) in [6.45, 7) is 3.85. The summed E-state index contributed by atoms with van der Waals surface area (Å²) < 4.78 is 14.9. The Morgan fingerprint density at radius 1 is 1.23 bits per heavy atom. The van der Waals surface area contributed by atoms with Crippen LogP contribution >= 0.6 is 0 Å². The Kier molecular flexibility index (Phi) is 5.11. The molecule has 0 aliphatic heterocycles. The first-order valence-corrected chi connectivity index (χ1v) is 8.54. The lowest BCUT2D eigenvalue weighted by Crippen LogP contribution is -2.20. The van der Waals surface area contributed by atoms with Gasteiger partial charge in [0.2, 0.25) is 5.91 Å². The van der Waals surface area contributed by atoms with E-state index in [9.17, 15) is 9.18 Å².